The van der Waals surface area contributed by atoms with Gasteiger partial charge in [0, 0.05) is 17.8 Å². The highest BCUT2D eigenvalue weighted by Crippen LogP contribution is 2.09. The van der Waals surface area contributed by atoms with Crippen molar-refractivity contribution >= 4 is 19.7 Å². The summed E-state index contributed by atoms with van der Waals surface area (Å²) in [5, 5.41) is 0. The van der Waals surface area contributed by atoms with Gasteiger partial charge >= 0.3 is 0 Å². The third kappa shape index (κ3) is 6.59. The fourth-order valence-electron chi connectivity index (χ4n) is 0.801. The van der Waals surface area contributed by atoms with Gasteiger partial charge in [-0.25, -0.2) is 8.42 Å². The van der Waals surface area contributed by atoms with Crippen LogP contribution >= 0.6 is 10.7 Å². The molecule has 11 heavy (non-hydrogen) atoms. The van der Waals surface area contributed by atoms with E-state index in [9.17, 15) is 8.42 Å². The molecule has 0 amide bonds. The van der Waals surface area contributed by atoms with Gasteiger partial charge in [0.15, 0.2) is 0 Å². The van der Waals surface area contributed by atoms with E-state index in [2.05, 4.69) is 0 Å². The van der Waals surface area contributed by atoms with E-state index >= 15 is 0 Å². The number of hydrogen-bond donors (Lipinski definition) is 0. The zero-order chi connectivity index (χ0) is 8.91. The van der Waals surface area contributed by atoms with Crippen LogP contribution in [0.2, 0.25) is 0 Å². The summed E-state index contributed by atoms with van der Waals surface area (Å²) in [7, 11) is 3.24. The van der Waals surface area contributed by atoms with Crippen molar-refractivity contribution in [3.63, 3.8) is 0 Å². The largest absolute Gasteiger partial charge is 0.384 e. The molecule has 1 atom stereocenters. The Morgan fingerprint density at radius 3 is 2.36 bits per heavy atom. The monoisotopic (exact) mass is 200 g/mol. The second-order valence-corrected chi connectivity index (χ2v) is 5.26. The molecule has 0 bridgehead atoms. The topological polar surface area (TPSA) is 43.4 Å². The standard InChI is InChI=1S/C6H13ClO3S/c1-3-6(4-10-2)5-11(7,8)9/h6H,3-5H2,1-2H3. The summed E-state index contributed by atoms with van der Waals surface area (Å²) in [5.41, 5.74) is 0. The molecule has 5 heteroatoms. The second kappa shape index (κ2) is 4.95. The van der Waals surface area contributed by atoms with Crippen LogP contribution in [-0.4, -0.2) is 27.9 Å². The second-order valence-electron chi connectivity index (χ2n) is 2.44. The van der Waals surface area contributed by atoms with Gasteiger partial charge in [0.1, 0.15) is 0 Å². The summed E-state index contributed by atoms with van der Waals surface area (Å²) >= 11 is 0. The molecule has 1 unspecified atom stereocenters. The first-order valence-corrected chi connectivity index (χ1v) is 5.88. The van der Waals surface area contributed by atoms with Crippen molar-refractivity contribution in [3.05, 3.63) is 0 Å². The maximum absolute atomic E-state index is 10.6. The minimum Gasteiger partial charge on any atom is -0.384 e. The maximum atomic E-state index is 10.6. The molecule has 0 saturated carbocycles. The Kier molecular flexibility index (Phi) is 5.04. The molecular weight excluding hydrogens is 188 g/mol. The summed E-state index contributed by atoms with van der Waals surface area (Å²) < 4.78 is 26.0. The number of ether oxygens (including phenoxy) is 1. The van der Waals surface area contributed by atoms with Gasteiger partial charge in [-0.15, -0.1) is 0 Å². The predicted molar refractivity (Wildman–Crippen MR) is 45.3 cm³/mol. The highest BCUT2D eigenvalue weighted by molar-refractivity contribution is 8.13. The highest BCUT2D eigenvalue weighted by atomic mass is 35.7. The number of halogens is 1. The van der Waals surface area contributed by atoms with Gasteiger partial charge in [0.2, 0.25) is 9.05 Å². The fraction of sp³-hybridized carbons (Fsp3) is 1.00. The first kappa shape index (κ1) is 11.2. The average molecular weight is 201 g/mol. The predicted octanol–water partition coefficient (Wildman–Crippen LogP) is 1.23. The third-order valence-electron chi connectivity index (χ3n) is 1.41. The first-order valence-electron chi connectivity index (χ1n) is 3.41. The van der Waals surface area contributed by atoms with Crippen molar-refractivity contribution in [1.82, 2.24) is 0 Å². The summed E-state index contributed by atoms with van der Waals surface area (Å²) in [4.78, 5) is 0. The molecular formula is C6H13ClO3S. The van der Waals surface area contributed by atoms with Gasteiger partial charge < -0.3 is 4.74 Å². The Hall–Kier alpha value is 0.200. The van der Waals surface area contributed by atoms with Crippen LogP contribution in [-0.2, 0) is 13.8 Å². The van der Waals surface area contributed by atoms with Crippen molar-refractivity contribution in [2.45, 2.75) is 13.3 Å². The van der Waals surface area contributed by atoms with Crippen molar-refractivity contribution in [2.24, 2.45) is 5.92 Å². The maximum Gasteiger partial charge on any atom is 0.232 e. The minimum absolute atomic E-state index is 0.00110. The Morgan fingerprint density at radius 2 is 2.09 bits per heavy atom. The molecule has 0 aliphatic carbocycles. The van der Waals surface area contributed by atoms with Crippen LogP contribution < -0.4 is 0 Å². The van der Waals surface area contributed by atoms with Crippen LogP contribution in [0.5, 0.6) is 0 Å². The van der Waals surface area contributed by atoms with Gasteiger partial charge in [-0.1, -0.05) is 13.3 Å². The molecule has 0 radical (unpaired) electrons. The molecule has 0 heterocycles. The van der Waals surface area contributed by atoms with E-state index in [-0.39, 0.29) is 11.7 Å². The molecule has 0 fully saturated rings. The van der Waals surface area contributed by atoms with Gasteiger partial charge in [-0.05, 0) is 5.92 Å². The molecule has 3 nitrogen and oxygen atoms in total. The molecule has 0 aliphatic heterocycles. The Morgan fingerprint density at radius 1 is 1.55 bits per heavy atom. The summed E-state index contributed by atoms with van der Waals surface area (Å²) in [6.07, 6.45) is 0.764. The van der Waals surface area contributed by atoms with Crippen molar-refractivity contribution in [1.29, 1.82) is 0 Å². The van der Waals surface area contributed by atoms with E-state index < -0.39 is 9.05 Å². The fourth-order valence-corrected chi connectivity index (χ4v) is 2.23. The smallest absolute Gasteiger partial charge is 0.232 e. The zero-order valence-corrected chi connectivity index (χ0v) is 8.28. The highest BCUT2D eigenvalue weighted by Gasteiger charge is 2.14. The van der Waals surface area contributed by atoms with E-state index in [1.54, 1.807) is 7.11 Å². The van der Waals surface area contributed by atoms with Crippen LogP contribution in [0.25, 0.3) is 0 Å². The number of methoxy groups -OCH3 is 1. The van der Waals surface area contributed by atoms with Crippen molar-refractivity contribution < 1.29 is 13.2 Å². The van der Waals surface area contributed by atoms with Gasteiger partial charge in [-0.2, -0.15) is 0 Å². The van der Waals surface area contributed by atoms with E-state index in [4.69, 9.17) is 15.4 Å². The van der Waals surface area contributed by atoms with Crippen LogP contribution in [0.4, 0.5) is 0 Å². The van der Waals surface area contributed by atoms with Crippen LogP contribution in [0, 0.1) is 5.92 Å². The molecule has 0 rings (SSSR count). The SMILES string of the molecule is CCC(COC)CS(=O)(=O)Cl. The van der Waals surface area contributed by atoms with Crippen molar-refractivity contribution in [3.8, 4) is 0 Å². The molecule has 0 aromatic carbocycles. The molecule has 0 saturated heterocycles. The number of hydrogen-bond acceptors (Lipinski definition) is 3. The molecule has 0 N–H and O–H groups in total. The minimum atomic E-state index is -3.37. The van der Waals surface area contributed by atoms with Crippen LogP contribution in [0.3, 0.4) is 0 Å². The van der Waals surface area contributed by atoms with E-state index in [1.807, 2.05) is 6.92 Å². The van der Waals surface area contributed by atoms with Gasteiger partial charge in [-0.3, -0.25) is 0 Å². The lowest BCUT2D eigenvalue weighted by molar-refractivity contribution is 0.159. The third-order valence-corrected chi connectivity index (χ3v) is 2.66. The molecule has 0 spiro atoms. The molecule has 0 aromatic rings. The molecule has 0 aliphatic rings. The number of rotatable bonds is 5. The Labute approximate surface area is 72.1 Å². The average Bonchev–Trinajstić information content (AvgIpc) is 1.84. The summed E-state index contributed by atoms with van der Waals surface area (Å²) in [5.74, 6) is 0.0151. The molecule has 0 aromatic heterocycles. The summed E-state index contributed by atoms with van der Waals surface area (Å²) in [6, 6.07) is 0. The lowest BCUT2D eigenvalue weighted by Crippen LogP contribution is -2.16. The normalized spacial score (nSPS) is 14.8. The van der Waals surface area contributed by atoms with E-state index in [1.165, 1.54) is 0 Å². The zero-order valence-electron chi connectivity index (χ0n) is 6.71. The quantitative estimate of drug-likeness (QED) is 0.627. The van der Waals surface area contributed by atoms with Crippen molar-refractivity contribution in [2.75, 3.05) is 19.5 Å². The lowest BCUT2D eigenvalue weighted by Gasteiger charge is -2.10. The first-order chi connectivity index (χ1) is 4.99. The van der Waals surface area contributed by atoms with Crippen LogP contribution in [0.15, 0.2) is 0 Å². The van der Waals surface area contributed by atoms with E-state index in [0.717, 1.165) is 6.42 Å². The molecule has 68 valence electrons. The summed E-state index contributed by atoms with van der Waals surface area (Å²) in [6.45, 7) is 2.36. The van der Waals surface area contributed by atoms with Crippen LogP contribution in [0.1, 0.15) is 13.3 Å². The Bertz CT molecular complexity index is 188. The lowest BCUT2D eigenvalue weighted by atomic mass is 10.1. The Balaban J connectivity index is 3.88. The van der Waals surface area contributed by atoms with E-state index in [0.29, 0.717) is 6.61 Å². The van der Waals surface area contributed by atoms with Gasteiger partial charge in [0.05, 0.1) is 12.4 Å². The van der Waals surface area contributed by atoms with Gasteiger partial charge in [0.25, 0.3) is 0 Å².